The number of hydrogen-bond acceptors (Lipinski definition) is 6. The van der Waals surface area contributed by atoms with Gasteiger partial charge in [-0.05, 0) is 19.1 Å². The molecule has 2 heterocycles. The minimum atomic E-state index is -0.518. The largest absolute Gasteiger partial charge is 0.487 e. The number of carbonyl (C=O) groups excluding carboxylic acids is 1. The molecule has 0 unspecified atom stereocenters. The number of rotatable bonds is 6. The van der Waals surface area contributed by atoms with E-state index in [1.807, 2.05) is 0 Å². The highest BCUT2D eigenvalue weighted by molar-refractivity contribution is 6.32. The van der Waals surface area contributed by atoms with Crippen LogP contribution in [0.1, 0.15) is 16.1 Å². The molecule has 0 aliphatic carbocycles. The summed E-state index contributed by atoms with van der Waals surface area (Å²) in [5.41, 5.74) is 0.243. The first-order valence-corrected chi connectivity index (χ1v) is 8.48. The molecule has 27 heavy (non-hydrogen) atoms. The fourth-order valence-electron chi connectivity index (χ4n) is 2.63. The zero-order valence-electron chi connectivity index (χ0n) is 15.0. The number of fused-ring (bicyclic) bond motifs is 1. The molecule has 0 atom stereocenters. The highest BCUT2D eigenvalue weighted by atomic mass is 35.5. The standard InChI is InChI=1S/C18H18ClN3O5/c1-10-13(14-17(27-10)20-9-22(2)18(14)24)16(23)21-12-6-4-5-11(19)15(12)26-8-7-25-3/h4-6,9H,7-8H2,1-3H3,(H,21,23). The Morgan fingerprint density at radius 1 is 1.37 bits per heavy atom. The van der Waals surface area contributed by atoms with Gasteiger partial charge in [0, 0.05) is 14.2 Å². The lowest BCUT2D eigenvalue weighted by Crippen LogP contribution is -2.21. The summed E-state index contributed by atoms with van der Waals surface area (Å²) in [6, 6.07) is 4.99. The molecule has 0 aliphatic heterocycles. The van der Waals surface area contributed by atoms with Gasteiger partial charge in [0.1, 0.15) is 24.1 Å². The van der Waals surface area contributed by atoms with E-state index in [4.69, 9.17) is 25.5 Å². The molecule has 3 aromatic rings. The van der Waals surface area contributed by atoms with Crippen molar-refractivity contribution in [3.63, 3.8) is 0 Å². The van der Waals surface area contributed by atoms with Crippen molar-refractivity contribution in [1.29, 1.82) is 0 Å². The number of benzene rings is 1. The molecular formula is C18H18ClN3O5. The van der Waals surface area contributed by atoms with Gasteiger partial charge in [-0.2, -0.15) is 0 Å². The zero-order valence-corrected chi connectivity index (χ0v) is 15.8. The summed E-state index contributed by atoms with van der Waals surface area (Å²) in [7, 11) is 3.11. The van der Waals surface area contributed by atoms with E-state index < -0.39 is 5.91 Å². The van der Waals surface area contributed by atoms with Gasteiger partial charge in [0.25, 0.3) is 11.5 Å². The Labute approximate surface area is 159 Å². The Balaban J connectivity index is 1.99. The van der Waals surface area contributed by atoms with E-state index in [-0.39, 0.29) is 28.8 Å². The van der Waals surface area contributed by atoms with E-state index in [1.165, 1.54) is 10.9 Å². The van der Waals surface area contributed by atoms with Crippen LogP contribution in [0.25, 0.3) is 11.1 Å². The van der Waals surface area contributed by atoms with Gasteiger partial charge in [0.05, 0.1) is 22.9 Å². The maximum absolute atomic E-state index is 12.9. The molecule has 0 radical (unpaired) electrons. The number of aryl methyl sites for hydroxylation is 2. The lowest BCUT2D eigenvalue weighted by atomic mass is 10.1. The quantitative estimate of drug-likeness (QED) is 0.649. The van der Waals surface area contributed by atoms with Crippen molar-refractivity contribution in [1.82, 2.24) is 9.55 Å². The maximum atomic E-state index is 12.9. The van der Waals surface area contributed by atoms with Gasteiger partial charge in [-0.25, -0.2) is 4.98 Å². The van der Waals surface area contributed by atoms with Crippen LogP contribution in [0, 0.1) is 6.92 Å². The van der Waals surface area contributed by atoms with E-state index in [2.05, 4.69) is 10.3 Å². The molecule has 0 spiro atoms. The number of carbonyl (C=O) groups is 1. The van der Waals surface area contributed by atoms with Gasteiger partial charge in [-0.15, -0.1) is 0 Å². The number of para-hydroxylation sites is 1. The Hall–Kier alpha value is -2.84. The van der Waals surface area contributed by atoms with Crippen molar-refractivity contribution < 1.29 is 18.7 Å². The molecule has 1 amide bonds. The Morgan fingerprint density at radius 2 is 2.15 bits per heavy atom. The molecule has 0 bridgehead atoms. The molecule has 9 heteroatoms. The number of anilines is 1. The normalized spacial score (nSPS) is 11.0. The number of amides is 1. The monoisotopic (exact) mass is 391 g/mol. The summed E-state index contributed by atoms with van der Waals surface area (Å²) in [5, 5.41) is 3.20. The fraction of sp³-hybridized carbons (Fsp3) is 0.278. The van der Waals surface area contributed by atoms with Gasteiger partial charge < -0.3 is 23.8 Å². The van der Waals surface area contributed by atoms with Crippen LogP contribution in [-0.2, 0) is 11.8 Å². The summed E-state index contributed by atoms with van der Waals surface area (Å²) in [6.07, 6.45) is 1.34. The summed E-state index contributed by atoms with van der Waals surface area (Å²) in [6.45, 7) is 2.23. The van der Waals surface area contributed by atoms with Gasteiger partial charge in [0.15, 0.2) is 5.75 Å². The van der Waals surface area contributed by atoms with Crippen LogP contribution in [0.3, 0.4) is 0 Å². The Kier molecular flexibility index (Phi) is 5.48. The maximum Gasteiger partial charge on any atom is 0.265 e. The van der Waals surface area contributed by atoms with Crippen LogP contribution in [0.5, 0.6) is 5.75 Å². The van der Waals surface area contributed by atoms with E-state index in [0.717, 1.165) is 0 Å². The van der Waals surface area contributed by atoms with E-state index in [1.54, 1.807) is 39.3 Å². The summed E-state index contributed by atoms with van der Waals surface area (Å²) in [4.78, 5) is 29.4. The summed E-state index contributed by atoms with van der Waals surface area (Å²) in [5.74, 6) is 0.0958. The number of methoxy groups -OCH3 is 1. The van der Waals surface area contributed by atoms with Crippen LogP contribution >= 0.6 is 11.6 Å². The molecule has 2 aromatic heterocycles. The molecule has 3 rings (SSSR count). The third-order valence-corrected chi connectivity index (χ3v) is 4.22. The highest BCUT2D eigenvalue weighted by Gasteiger charge is 2.23. The lowest BCUT2D eigenvalue weighted by molar-refractivity contribution is 0.102. The van der Waals surface area contributed by atoms with Crippen molar-refractivity contribution in [2.24, 2.45) is 7.05 Å². The minimum Gasteiger partial charge on any atom is -0.487 e. The summed E-state index contributed by atoms with van der Waals surface area (Å²) < 4.78 is 17.3. The molecular weight excluding hydrogens is 374 g/mol. The molecule has 0 saturated carbocycles. The van der Waals surface area contributed by atoms with Gasteiger partial charge in [-0.3, -0.25) is 9.59 Å². The number of hydrogen-bond donors (Lipinski definition) is 1. The second-order valence-electron chi connectivity index (χ2n) is 5.79. The van der Waals surface area contributed by atoms with Crippen molar-refractivity contribution >= 4 is 34.3 Å². The molecule has 1 aromatic carbocycles. The highest BCUT2D eigenvalue weighted by Crippen LogP contribution is 2.33. The summed E-state index contributed by atoms with van der Waals surface area (Å²) >= 11 is 6.19. The predicted molar refractivity (Wildman–Crippen MR) is 101 cm³/mol. The molecule has 8 nitrogen and oxygen atoms in total. The first kappa shape index (κ1) is 18.9. The number of nitrogens with zero attached hydrogens (tertiary/aromatic N) is 2. The smallest absolute Gasteiger partial charge is 0.265 e. The van der Waals surface area contributed by atoms with Gasteiger partial charge in [0.2, 0.25) is 5.71 Å². The lowest BCUT2D eigenvalue weighted by Gasteiger charge is -2.13. The predicted octanol–water partition coefficient (Wildman–Crippen LogP) is 2.77. The first-order chi connectivity index (χ1) is 12.9. The van der Waals surface area contributed by atoms with Crippen LogP contribution in [0.4, 0.5) is 5.69 Å². The Morgan fingerprint density at radius 3 is 2.89 bits per heavy atom. The fourth-order valence-corrected chi connectivity index (χ4v) is 2.86. The third-order valence-electron chi connectivity index (χ3n) is 3.92. The number of furan rings is 1. The average Bonchev–Trinajstić information content (AvgIpc) is 2.97. The zero-order chi connectivity index (χ0) is 19.6. The Bertz CT molecular complexity index is 1060. The third kappa shape index (κ3) is 3.67. The number of halogens is 1. The van der Waals surface area contributed by atoms with Crippen molar-refractivity contribution in [2.45, 2.75) is 6.92 Å². The van der Waals surface area contributed by atoms with Crippen LogP contribution in [0.15, 0.2) is 33.7 Å². The minimum absolute atomic E-state index is 0.114. The SMILES string of the molecule is COCCOc1c(Cl)cccc1NC(=O)c1c(C)oc2ncn(C)c(=O)c12. The topological polar surface area (TPSA) is 95.6 Å². The van der Waals surface area contributed by atoms with E-state index >= 15 is 0 Å². The number of nitrogens with one attached hydrogen (secondary N) is 1. The first-order valence-electron chi connectivity index (χ1n) is 8.10. The second-order valence-corrected chi connectivity index (χ2v) is 6.19. The molecule has 0 saturated heterocycles. The number of ether oxygens (including phenoxy) is 2. The van der Waals surface area contributed by atoms with E-state index in [0.29, 0.717) is 28.8 Å². The molecule has 0 fully saturated rings. The van der Waals surface area contributed by atoms with E-state index in [9.17, 15) is 9.59 Å². The second kappa shape index (κ2) is 7.81. The molecule has 0 aliphatic rings. The van der Waals surface area contributed by atoms with Crippen molar-refractivity contribution in [2.75, 3.05) is 25.6 Å². The molecule has 1 N–H and O–H groups in total. The van der Waals surface area contributed by atoms with Crippen LogP contribution in [-0.4, -0.2) is 35.8 Å². The van der Waals surface area contributed by atoms with Crippen molar-refractivity contribution in [3.05, 3.63) is 51.2 Å². The van der Waals surface area contributed by atoms with Crippen molar-refractivity contribution in [3.8, 4) is 5.75 Å². The molecule has 142 valence electrons. The average molecular weight is 392 g/mol. The van der Waals surface area contributed by atoms with Crippen LogP contribution in [0.2, 0.25) is 5.02 Å². The van der Waals surface area contributed by atoms with Gasteiger partial charge in [-0.1, -0.05) is 17.7 Å². The number of aromatic nitrogens is 2. The van der Waals surface area contributed by atoms with Crippen LogP contribution < -0.4 is 15.6 Å². The van der Waals surface area contributed by atoms with Gasteiger partial charge >= 0.3 is 0 Å².